The van der Waals surface area contributed by atoms with E-state index in [1.807, 2.05) is 6.92 Å². The van der Waals surface area contributed by atoms with E-state index in [4.69, 9.17) is 9.47 Å². The Labute approximate surface area is 108 Å². The average molecular weight is 254 g/mol. The van der Waals surface area contributed by atoms with Crippen molar-refractivity contribution in [2.24, 2.45) is 0 Å². The first-order chi connectivity index (χ1) is 8.67. The highest BCUT2D eigenvalue weighted by Gasteiger charge is 2.24. The second kappa shape index (κ2) is 5.77. The molecule has 0 spiro atoms. The largest absolute Gasteiger partial charge is 0.354 e. The first kappa shape index (κ1) is 13.5. The van der Waals surface area contributed by atoms with Crippen molar-refractivity contribution in [2.75, 3.05) is 14.2 Å². The van der Waals surface area contributed by atoms with Gasteiger partial charge >= 0.3 is 0 Å². The van der Waals surface area contributed by atoms with Crippen LogP contribution in [0.15, 0.2) is 0 Å². The van der Waals surface area contributed by atoms with Crippen LogP contribution in [0.25, 0.3) is 0 Å². The minimum atomic E-state index is -0.256. The lowest BCUT2D eigenvalue weighted by atomic mass is 10.2. The third-order valence-electron chi connectivity index (χ3n) is 3.41. The van der Waals surface area contributed by atoms with Crippen LogP contribution in [0.1, 0.15) is 38.0 Å². The van der Waals surface area contributed by atoms with Gasteiger partial charge in [-0.15, -0.1) is 10.2 Å². The topological polar surface area (TPSA) is 61.2 Å². The summed E-state index contributed by atoms with van der Waals surface area (Å²) in [4.78, 5) is 0. The van der Waals surface area contributed by atoms with E-state index < -0.39 is 0 Å². The first-order valence-electron chi connectivity index (χ1n) is 6.41. The highest BCUT2D eigenvalue weighted by Crippen LogP contribution is 2.19. The molecular weight excluding hydrogens is 232 g/mol. The Morgan fingerprint density at radius 3 is 2.61 bits per heavy atom. The number of hydrogen-bond acceptors (Lipinski definition) is 5. The monoisotopic (exact) mass is 254 g/mol. The Bertz CT molecular complexity index is 389. The van der Waals surface area contributed by atoms with Crippen LogP contribution in [-0.4, -0.2) is 41.3 Å². The fourth-order valence-electron chi connectivity index (χ4n) is 2.55. The molecule has 0 aromatic carbocycles. The third kappa shape index (κ3) is 2.55. The Morgan fingerprint density at radius 1 is 1.22 bits per heavy atom. The molecule has 2 rings (SSSR count). The molecule has 0 saturated carbocycles. The van der Waals surface area contributed by atoms with E-state index >= 15 is 0 Å². The van der Waals surface area contributed by atoms with Gasteiger partial charge in [0, 0.05) is 27.2 Å². The molecule has 0 aliphatic carbocycles. The van der Waals surface area contributed by atoms with Crippen LogP contribution in [0.2, 0.25) is 0 Å². The van der Waals surface area contributed by atoms with Crippen LogP contribution in [0, 0.1) is 0 Å². The molecule has 1 aromatic rings. The van der Waals surface area contributed by atoms with Crippen LogP contribution in [-0.2, 0) is 22.4 Å². The number of ether oxygens (including phenoxy) is 2. The second-order valence-corrected chi connectivity index (χ2v) is 4.75. The van der Waals surface area contributed by atoms with E-state index in [1.54, 1.807) is 14.2 Å². The average Bonchev–Trinajstić information content (AvgIpc) is 2.91. The molecular formula is C12H22N4O2. The van der Waals surface area contributed by atoms with E-state index in [0.717, 1.165) is 24.6 Å². The zero-order chi connectivity index (χ0) is 13.1. The predicted molar refractivity (Wildman–Crippen MR) is 67.2 cm³/mol. The van der Waals surface area contributed by atoms with Gasteiger partial charge in [0.05, 0.1) is 12.1 Å². The number of rotatable bonds is 6. The van der Waals surface area contributed by atoms with Gasteiger partial charge in [0.2, 0.25) is 0 Å². The van der Waals surface area contributed by atoms with Crippen molar-refractivity contribution >= 4 is 0 Å². The van der Waals surface area contributed by atoms with Gasteiger partial charge in [-0.25, -0.2) is 0 Å². The van der Waals surface area contributed by atoms with Gasteiger partial charge in [-0.3, -0.25) is 0 Å². The maximum atomic E-state index is 5.24. The third-order valence-corrected chi connectivity index (χ3v) is 3.41. The molecule has 2 heterocycles. The smallest absolute Gasteiger partial charge is 0.171 e. The Balaban J connectivity index is 2.01. The fraction of sp³-hybridized carbons (Fsp3) is 0.833. The molecule has 0 bridgehead atoms. The van der Waals surface area contributed by atoms with Gasteiger partial charge < -0.3 is 19.4 Å². The molecule has 2 atom stereocenters. The zero-order valence-corrected chi connectivity index (χ0v) is 11.5. The summed E-state index contributed by atoms with van der Waals surface area (Å²) < 4.78 is 12.7. The van der Waals surface area contributed by atoms with Crippen molar-refractivity contribution in [1.82, 2.24) is 20.1 Å². The van der Waals surface area contributed by atoms with E-state index in [2.05, 4.69) is 27.0 Å². The van der Waals surface area contributed by atoms with Crippen molar-refractivity contribution < 1.29 is 9.47 Å². The zero-order valence-electron chi connectivity index (χ0n) is 11.5. The first-order valence-corrected chi connectivity index (χ1v) is 6.41. The number of nitrogens with one attached hydrogen (secondary N) is 1. The summed E-state index contributed by atoms with van der Waals surface area (Å²) in [5, 5.41) is 11.9. The molecule has 1 N–H and O–H groups in total. The molecule has 1 aromatic heterocycles. The predicted octanol–water partition coefficient (Wildman–Crippen LogP) is 0.882. The van der Waals surface area contributed by atoms with Gasteiger partial charge in [0.25, 0.3) is 0 Å². The number of hydrogen-bond donors (Lipinski definition) is 1. The molecule has 0 amide bonds. The second-order valence-electron chi connectivity index (χ2n) is 4.75. The molecule has 1 aliphatic heterocycles. The van der Waals surface area contributed by atoms with Crippen LogP contribution >= 0.6 is 0 Å². The summed E-state index contributed by atoms with van der Waals surface area (Å²) >= 11 is 0. The molecule has 0 fully saturated rings. The standard InChI is InChI=1S/C12H22N4O2/c1-8(13-9(2)12(17-3)18-4)11-15-14-10-6-5-7-16(10)11/h8-9,12-13H,5-7H2,1-4H3. The summed E-state index contributed by atoms with van der Waals surface area (Å²) in [6.45, 7) is 5.15. The molecule has 0 radical (unpaired) electrons. The molecule has 102 valence electrons. The lowest BCUT2D eigenvalue weighted by Gasteiger charge is -2.25. The van der Waals surface area contributed by atoms with Crippen molar-refractivity contribution in [3.05, 3.63) is 11.6 Å². The quantitative estimate of drug-likeness (QED) is 0.764. The Morgan fingerprint density at radius 2 is 1.94 bits per heavy atom. The SMILES string of the molecule is COC(OC)C(C)NC(C)c1nnc2n1CCC2. The number of methoxy groups -OCH3 is 2. The van der Waals surface area contributed by atoms with Crippen molar-refractivity contribution in [2.45, 2.75) is 51.6 Å². The van der Waals surface area contributed by atoms with Crippen molar-refractivity contribution in [1.29, 1.82) is 0 Å². The number of aryl methyl sites for hydroxylation is 1. The summed E-state index contributed by atoms with van der Waals surface area (Å²) in [7, 11) is 3.29. The van der Waals surface area contributed by atoms with Gasteiger partial charge in [-0.05, 0) is 20.3 Å². The van der Waals surface area contributed by atoms with Gasteiger partial charge in [0.15, 0.2) is 6.29 Å². The minimum absolute atomic E-state index is 0.0874. The van der Waals surface area contributed by atoms with Gasteiger partial charge in [-0.1, -0.05) is 0 Å². The Kier molecular flexibility index (Phi) is 4.31. The van der Waals surface area contributed by atoms with Gasteiger partial charge in [-0.2, -0.15) is 0 Å². The maximum absolute atomic E-state index is 5.24. The van der Waals surface area contributed by atoms with Gasteiger partial charge in [0.1, 0.15) is 11.6 Å². The normalized spacial score (nSPS) is 18.1. The van der Waals surface area contributed by atoms with Crippen LogP contribution in [0.5, 0.6) is 0 Å². The van der Waals surface area contributed by atoms with E-state index in [-0.39, 0.29) is 18.4 Å². The van der Waals surface area contributed by atoms with Crippen molar-refractivity contribution in [3.8, 4) is 0 Å². The summed E-state index contributed by atoms with van der Waals surface area (Å²) in [6, 6.07) is 0.219. The molecule has 18 heavy (non-hydrogen) atoms. The van der Waals surface area contributed by atoms with Crippen LogP contribution in [0.3, 0.4) is 0 Å². The van der Waals surface area contributed by atoms with E-state index in [9.17, 15) is 0 Å². The summed E-state index contributed by atoms with van der Waals surface area (Å²) in [5.41, 5.74) is 0. The van der Waals surface area contributed by atoms with Crippen LogP contribution < -0.4 is 5.32 Å². The van der Waals surface area contributed by atoms with Crippen molar-refractivity contribution in [3.63, 3.8) is 0 Å². The van der Waals surface area contributed by atoms with E-state index in [1.165, 1.54) is 6.42 Å². The number of aromatic nitrogens is 3. The maximum Gasteiger partial charge on any atom is 0.171 e. The molecule has 2 unspecified atom stereocenters. The molecule has 6 nitrogen and oxygen atoms in total. The molecule has 0 saturated heterocycles. The lowest BCUT2D eigenvalue weighted by molar-refractivity contribution is -0.120. The molecule has 6 heteroatoms. The number of nitrogens with zero attached hydrogens (tertiary/aromatic N) is 3. The minimum Gasteiger partial charge on any atom is -0.354 e. The Hall–Kier alpha value is -0.980. The summed E-state index contributed by atoms with van der Waals surface area (Å²) in [5.74, 6) is 2.10. The highest BCUT2D eigenvalue weighted by atomic mass is 16.7. The van der Waals surface area contributed by atoms with E-state index in [0.29, 0.717) is 0 Å². The molecule has 1 aliphatic rings. The summed E-state index contributed by atoms with van der Waals surface area (Å²) in [6.07, 6.45) is 1.95. The number of fused-ring (bicyclic) bond motifs is 1. The lowest BCUT2D eigenvalue weighted by Crippen LogP contribution is -2.41. The highest BCUT2D eigenvalue weighted by molar-refractivity contribution is 5.04. The fourth-order valence-corrected chi connectivity index (χ4v) is 2.55. The van der Waals surface area contributed by atoms with Crippen LogP contribution in [0.4, 0.5) is 0 Å².